The van der Waals surface area contributed by atoms with Gasteiger partial charge in [-0.05, 0) is 13.6 Å². The molecule has 0 aliphatic heterocycles. The average molecular weight is 382 g/mol. The van der Waals surface area contributed by atoms with E-state index in [2.05, 4.69) is 20.5 Å². The third-order valence-corrected chi connectivity index (χ3v) is 2.25. The molecule has 0 radical (unpaired) electrons. The number of alkyl halides is 3. The monoisotopic (exact) mass is 382 g/mol. The van der Waals surface area contributed by atoms with Crippen molar-refractivity contribution >= 4 is 29.9 Å². The Morgan fingerprint density at radius 2 is 1.78 bits per heavy atom. The van der Waals surface area contributed by atoms with Gasteiger partial charge in [-0.3, -0.25) is 4.99 Å². The molecule has 0 aromatic rings. The highest BCUT2D eigenvalue weighted by molar-refractivity contribution is 14.0. The Balaban J connectivity index is 0. The van der Waals surface area contributed by atoms with Crippen molar-refractivity contribution in [2.24, 2.45) is 4.99 Å². The second-order valence-corrected chi connectivity index (χ2v) is 3.69. The Kier molecular flexibility index (Phi) is 11.9. The lowest BCUT2D eigenvalue weighted by molar-refractivity contribution is -0.132. The van der Waals surface area contributed by atoms with Gasteiger partial charge in [0.2, 0.25) is 0 Å². The van der Waals surface area contributed by atoms with Crippen LogP contribution in [0.3, 0.4) is 0 Å². The highest BCUT2D eigenvalue weighted by Crippen LogP contribution is 2.17. The van der Waals surface area contributed by atoms with Crippen LogP contribution in [0.1, 0.15) is 13.3 Å². The van der Waals surface area contributed by atoms with Crippen LogP contribution in [0.25, 0.3) is 0 Å². The lowest BCUT2D eigenvalue weighted by atomic mass is 10.4. The summed E-state index contributed by atoms with van der Waals surface area (Å²) in [5, 5.41) is 5.57. The summed E-state index contributed by atoms with van der Waals surface area (Å²) in [6.45, 7) is 4.28. The summed E-state index contributed by atoms with van der Waals surface area (Å²) in [6, 6.07) is 0. The number of hydrogen-bond acceptors (Lipinski definition) is 2. The smallest absolute Gasteiger partial charge is 0.356 e. The second-order valence-electron chi connectivity index (χ2n) is 3.69. The molecule has 8 heteroatoms. The van der Waals surface area contributed by atoms with Gasteiger partial charge in [-0.1, -0.05) is 6.92 Å². The minimum Gasteiger partial charge on any atom is -0.356 e. The summed E-state index contributed by atoms with van der Waals surface area (Å²) in [5.74, 6) is 0.402. The summed E-state index contributed by atoms with van der Waals surface area (Å²) in [6.07, 6.45) is -4.99. The second kappa shape index (κ2) is 10.7. The maximum Gasteiger partial charge on any atom is 0.390 e. The van der Waals surface area contributed by atoms with Gasteiger partial charge < -0.3 is 15.5 Å². The van der Waals surface area contributed by atoms with Crippen molar-refractivity contribution in [2.75, 3.05) is 40.3 Å². The maximum atomic E-state index is 11.9. The average Bonchev–Trinajstić information content (AvgIpc) is 2.25. The summed E-state index contributed by atoms with van der Waals surface area (Å²) in [4.78, 5) is 5.93. The third-order valence-electron chi connectivity index (χ3n) is 2.25. The molecule has 0 bridgehead atoms. The van der Waals surface area contributed by atoms with E-state index in [4.69, 9.17) is 0 Å². The first-order valence-corrected chi connectivity index (χ1v) is 5.59. The largest absolute Gasteiger partial charge is 0.390 e. The molecule has 0 aliphatic carbocycles. The molecule has 0 aromatic heterocycles. The maximum absolute atomic E-state index is 11.9. The Hall–Kier alpha value is -0.250. The van der Waals surface area contributed by atoms with E-state index in [0.717, 1.165) is 13.1 Å². The van der Waals surface area contributed by atoms with Crippen LogP contribution in [0.15, 0.2) is 4.99 Å². The molecule has 0 aliphatic rings. The van der Waals surface area contributed by atoms with Crippen molar-refractivity contribution in [1.29, 1.82) is 0 Å². The number of nitrogens with zero attached hydrogens (tertiary/aromatic N) is 2. The minimum absolute atomic E-state index is 0. The van der Waals surface area contributed by atoms with Gasteiger partial charge in [0.15, 0.2) is 5.96 Å². The summed E-state index contributed by atoms with van der Waals surface area (Å²) >= 11 is 0. The van der Waals surface area contributed by atoms with Crippen molar-refractivity contribution in [1.82, 2.24) is 15.5 Å². The van der Waals surface area contributed by atoms with Gasteiger partial charge in [0.05, 0.1) is 6.42 Å². The van der Waals surface area contributed by atoms with Gasteiger partial charge >= 0.3 is 6.18 Å². The molecule has 0 aromatic carbocycles. The van der Waals surface area contributed by atoms with E-state index in [1.54, 1.807) is 0 Å². The fourth-order valence-corrected chi connectivity index (χ4v) is 1.07. The van der Waals surface area contributed by atoms with E-state index in [0.29, 0.717) is 12.5 Å². The van der Waals surface area contributed by atoms with Crippen molar-refractivity contribution in [3.63, 3.8) is 0 Å². The van der Waals surface area contributed by atoms with E-state index in [1.807, 2.05) is 14.0 Å². The first-order chi connectivity index (χ1) is 7.89. The summed E-state index contributed by atoms with van der Waals surface area (Å²) in [7, 11) is 3.51. The predicted octanol–water partition coefficient (Wildman–Crippen LogP) is 1.67. The van der Waals surface area contributed by atoms with Crippen LogP contribution in [0.2, 0.25) is 0 Å². The van der Waals surface area contributed by atoms with Gasteiger partial charge in [0, 0.05) is 26.7 Å². The van der Waals surface area contributed by atoms with Crippen molar-refractivity contribution < 1.29 is 13.2 Å². The minimum atomic E-state index is -4.13. The van der Waals surface area contributed by atoms with E-state index in [1.165, 1.54) is 7.05 Å². The molecule has 2 N–H and O–H groups in total. The molecule has 0 amide bonds. The fraction of sp³-hybridized carbons (Fsp3) is 0.900. The van der Waals surface area contributed by atoms with Crippen LogP contribution < -0.4 is 10.6 Å². The zero-order valence-corrected chi connectivity index (χ0v) is 13.3. The predicted molar refractivity (Wildman–Crippen MR) is 78.6 cm³/mol. The van der Waals surface area contributed by atoms with E-state index in [-0.39, 0.29) is 30.5 Å². The first kappa shape index (κ1) is 20.1. The van der Waals surface area contributed by atoms with Crippen molar-refractivity contribution in [3.05, 3.63) is 0 Å². The number of hydrogen-bond donors (Lipinski definition) is 2. The Labute approximate surface area is 123 Å². The molecule has 0 unspecified atom stereocenters. The summed E-state index contributed by atoms with van der Waals surface area (Å²) in [5.41, 5.74) is 0. The van der Waals surface area contributed by atoms with E-state index in [9.17, 15) is 13.2 Å². The highest BCUT2D eigenvalue weighted by atomic mass is 127. The summed E-state index contributed by atoms with van der Waals surface area (Å²) < 4.78 is 35.7. The van der Waals surface area contributed by atoms with Crippen LogP contribution in [0, 0.1) is 0 Å². The molecule has 0 atom stereocenters. The SMILES string of the molecule is CCN(C)CCNC(=NC)NCCC(F)(F)F.I. The van der Waals surface area contributed by atoms with Crippen LogP contribution in [-0.4, -0.2) is 57.3 Å². The molecule has 0 heterocycles. The topological polar surface area (TPSA) is 39.7 Å². The molecule has 0 fully saturated rings. The van der Waals surface area contributed by atoms with Gasteiger partial charge in [0.25, 0.3) is 0 Å². The molecule has 0 saturated heterocycles. The Morgan fingerprint density at radius 1 is 1.22 bits per heavy atom. The highest BCUT2D eigenvalue weighted by Gasteiger charge is 2.26. The fourth-order valence-electron chi connectivity index (χ4n) is 1.07. The van der Waals surface area contributed by atoms with E-state index < -0.39 is 12.6 Å². The number of likely N-dealkylation sites (N-methyl/N-ethyl adjacent to an activating group) is 1. The number of rotatable bonds is 6. The lowest BCUT2D eigenvalue weighted by Gasteiger charge is -2.16. The zero-order valence-electron chi connectivity index (χ0n) is 11.0. The molecule has 18 heavy (non-hydrogen) atoms. The van der Waals surface area contributed by atoms with Gasteiger partial charge in [-0.25, -0.2) is 0 Å². The molecule has 0 spiro atoms. The van der Waals surface area contributed by atoms with Gasteiger partial charge in [-0.15, -0.1) is 24.0 Å². The third kappa shape index (κ3) is 12.2. The number of aliphatic imine (C=N–C) groups is 1. The van der Waals surface area contributed by atoms with Gasteiger partial charge in [0.1, 0.15) is 0 Å². The van der Waals surface area contributed by atoms with Crippen LogP contribution >= 0.6 is 24.0 Å². The Morgan fingerprint density at radius 3 is 2.22 bits per heavy atom. The number of guanidine groups is 1. The quantitative estimate of drug-likeness (QED) is 0.417. The van der Waals surface area contributed by atoms with Crippen molar-refractivity contribution in [3.8, 4) is 0 Å². The first-order valence-electron chi connectivity index (χ1n) is 5.59. The molecular formula is C10H22F3IN4. The normalized spacial score (nSPS) is 12.3. The molecule has 0 rings (SSSR count). The Bertz CT molecular complexity index is 234. The van der Waals surface area contributed by atoms with Gasteiger partial charge in [-0.2, -0.15) is 13.2 Å². The van der Waals surface area contributed by atoms with Crippen molar-refractivity contribution in [2.45, 2.75) is 19.5 Å². The molecule has 110 valence electrons. The van der Waals surface area contributed by atoms with Crippen LogP contribution in [-0.2, 0) is 0 Å². The number of nitrogens with one attached hydrogen (secondary N) is 2. The molecular weight excluding hydrogens is 360 g/mol. The molecule has 0 saturated carbocycles. The standard InChI is InChI=1S/C10H21F3N4.HI/c1-4-17(3)8-7-16-9(14-2)15-6-5-10(11,12)13;/h4-8H2,1-3H3,(H2,14,15,16);1H. The zero-order chi connectivity index (χ0) is 13.3. The lowest BCUT2D eigenvalue weighted by Crippen LogP contribution is -2.41. The van der Waals surface area contributed by atoms with Crippen LogP contribution in [0.5, 0.6) is 0 Å². The number of halogens is 4. The van der Waals surface area contributed by atoms with E-state index >= 15 is 0 Å². The molecule has 4 nitrogen and oxygen atoms in total. The van der Waals surface area contributed by atoms with Crippen LogP contribution in [0.4, 0.5) is 13.2 Å².